The van der Waals surface area contributed by atoms with Crippen LogP contribution >= 0.6 is 22.9 Å². The van der Waals surface area contributed by atoms with E-state index in [-0.39, 0.29) is 24.3 Å². The number of piperidine rings is 1. The highest BCUT2D eigenvalue weighted by molar-refractivity contribution is 7.10. The molecule has 0 aliphatic carbocycles. The number of amides is 2. The van der Waals surface area contributed by atoms with Crippen LogP contribution in [0.3, 0.4) is 0 Å². The summed E-state index contributed by atoms with van der Waals surface area (Å²) < 4.78 is 5.70. The van der Waals surface area contributed by atoms with Crippen molar-refractivity contribution in [3.05, 3.63) is 99.5 Å². The topological polar surface area (TPSA) is 71.5 Å². The number of carbonyl (C=O) groups is 2. The zero-order valence-electron chi connectivity index (χ0n) is 21.7. The molecule has 2 heterocycles. The van der Waals surface area contributed by atoms with Crippen molar-refractivity contribution < 1.29 is 14.3 Å². The average Bonchev–Trinajstić information content (AvgIpc) is 3.48. The van der Waals surface area contributed by atoms with Gasteiger partial charge in [-0.25, -0.2) is 4.98 Å². The molecule has 1 aliphatic rings. The van der Waals surface area contributed by atoms with Crippen molar-refractivity contribution >= 4 is 40.4 Å². The fourth-order valence-electron chi connectivity index (χ4n) is 4.67. The fourth-order valence-corrected chi connectivity index (χ4v) is 5.77. The van der Waals surface area contributed by atoms with E-state index in [1.54, 1.807) is 0 Å². The van der Waals surface area contributed by atoms with Gasteiger partial charge in [0.05, 0.1) is 5.01 Å². The van der Waals surface area contributed by atoms with Gasteiger partial charge >= 0.3 is 0 Å². The molecular formula is C31H30ClN3O3S. The number of nitrogens with zero attached hydrogens (tertiary/aromatic N) is 2. The van der Waals surface area contributed by atoms with Gasteiger partial charge in [0, 0.05) is 40.7 Å². The van der Waals surface area contributed by atoms with Crippen molar-refractivity contribution in [2.75, 3.05) is 25.0 Å². The number of halogens is 1. The van der Waals surface area contributed by atoms with Crippen LogP contribution in [0.15, 0.2) is 78.2 Å². The highest BCUT2D eigenvalue weighted by atomic mass is 35.5. The Kier molecular flexibility index (Phi) is 8.59. The van der Waals surface area contributed by atoms with Crippen LogP contribution in [-0.2, 0) is 11.2 Å². The molecule has 0 spiro atoms. The maximum absolute atomic E-state index is 13.1. The highest BCUT2D eigenvalue weighted by Gasteiger charge is 2.26. The van der Waals surface area contributed by atoms with Crippen molar-refractivity contribution in [2.45, 2.75) is 32.1 Å². The maximum atomic E-state index is 13.1. The van der Waals surface area contributed by atoms with Crippen molar-refractivity contribution in [3.63, 3.8) is 0 Å². The third-order valence-corrected chi connectivity index (χ3v) is 8.24. The number of aromatic nitrogens is 1. The largest absolute Gasteiger partial charge is 0.484 e. The number of rotatable bonds is 8. The van der Waals surface area contributed by atoms with Gasteiger partial charge in [0.1, 0.15) is 11.4 Å². The van der Waals surface area contributed by atoms with Gasteiger partial charge in [-0.05, 0) is 60.7 Å². The van der Waals surface area contributed by atoms with Crippen LogP contribution in [-0.4, -0.2) is 41.4 Å². The minimum Gasteiger partial charge on any atom is -0.484 e. The SMILES string of the molecule is CCc1ccc(OCC(=O)N2CCC(c3nc(C(=O)Nc4ccccc4-c4ccc(Cl)cc4)cs3)CC2)cc1. The molecule has 4 aromatic rings. The Morgan fingerprint density at radius 3 is 2.46 bits per heavy atom. The first-order chi connectivity index (χ1) is 19.0. The van der Waals surface area contributed by atoms with E-state index in [1.807, 2.05) is 83.1 Å². The summed E-state index contributed by atoms with van der Waals surface area (Å²) in [6, 6.07) is 23.1. The van der Waals surface area contributed by atoms with Gasteiger partial charge in [0.2, 0.25) is 0 Å². The van der Waals surface area contributed by atoms with E-state index < -0.39 is 0 Å². The molecule has 0 unspecified atom stereocenters. The van der Waals surface area contributed by atoms with Crippen LogP contribution in [0.4, 0.5) is 5.69 Å². The van der Waals surface area contributed by atoms with E-state index in [4.69, 9.17) is 16.3 Å². The Morgan fingerprint density at radius 2 is 1.74 bits per heavy atom. The van der Waals surface area contributed by atoms with E-state index >= 15 is 0 Å². The van der Waals surface area contributed by atoms with Crippen molar-refractivity contribution in [1.82, 2.24) is 9.88 Å². The van der Waals surface area contributed by atoms with Crippen LogP contribution in [0, 0.1) is 0 Å². The van der Waals surface area contributed by atoms with Crippen LogP contribution in [0.5, 0.6) is 5.75 Å². The van der Waals surface area contributed by atoms with Crippen molar-refractivity contribution in [2.24, 2.45) is 0 Å². The molecule has 2 amide bonds. The Labute approximate surface area is 237 Å². The predicted molar refractivity (Wildman–Crippen MR) is 157 cm³/mol. The first-order valence-corrected chi connectivity index (χ1v) is 14.4. The van der Waals surface area contributed by atoms with Gasteiger partial charge in [-0.2, -0.15) is 0 Å². The first kappa shape index (κ1) is 26.9. The van der Waals surface area contributed by atoms with Gasteiger partial charge in [-0.3, -0.25) is 9.59 Å². The number of para-hydroxylation sites is 1. The minimum atomic E-state index is -0.240. The summed E-state index contributed by atoms with van der Waals surface area (Å²) >= 11 is 7.54. The normalized spacial score (nSPS) is 13.7. The van der Waals surface area contributed by atoms with Crippen molar-refractivity contribution in [1.29, 1.82) is 0 Å². The van der Waals surface area contributed by atoms with E-state index in [9.17, 15) is 9.59 Å². The van der Waals surface area contributed by atoms with Crippen LogP contribution in [0.25, 0.3) is 11.1 Å². The minimum absolute atomic E-state index is 0.00780. The molecule has 1 N–H and O–H groups in total. The number of anilines is 1. The maximum Gasteiger partial charge on any atom is 0.275 e. The lowest BCUT2D eigenvalue weighted by Gasteiger charge is -2.31. The number of likely N-dealkylation sites (tertiary alicyclic amines) is 1. The Bertz CT molecular complexity index is 1430. The average molecular weight is 560 g/mol. The monoisotopic (exact) mass is 559 g/mol. The molecule has 0 saturated carbocycles. The van der Waals surface area contributed by atoms with Crippen LogP contribution in [0.2, 0.25) is 5.02 Å². The second kappa shape index (κ2) is 12.5. The quantitative estimate of drug-likeness (QED) is 0.251. The van der Waals surface area contributed by atoms with Gasteiger partial charge in [-0.1, -0.05) is 61.0 Å². The van der Waals surface area contributed by atoms with Crippen LogP contribution < -0.4 is 10.1 Å². The summed E-state index contributed by atoms with van der Waals surface area (Å²) in [5.41, 5.74) is 4.24. The molecule has 6 nitrogen and oxygen atoms in total. The molecular weight excluding hydrogens is 530 g/mol. The lowest BCUT2D eigenvalue weighted by atomic mass is 9.97. The number of carbonyl (C=O) groups excluding carboxylic acids is 2. The number of hydrogen-bond acceptors (Lipinski definition) is 5. The molecule has 0 atom stereocenters. The molecule has 1 saturated heterocycles. The van der Waals surface area contributed by atoms with Gasteiger partial charge in [0.15, 0.2) is 6.61 Å². The van der Waals surface area contributed by atoms with E-state index in [2.05, 4.69) is 17.2 Å². The van der Waals surface area contributed by atoms with Gasteiger partial charge < -0.3 is 15.0 Å². The molecule has 0 bridgehead atoms. The van der Waals surface area contributed by atoms with Gasteiger partial charge in [-0.15, -0.1) is 11.3 Å². The zero-order chi connectivity index (χ0) is 27.2. The van der Waals surface area contributed by atoms with Crippen LogP contribution in [0.1, 0.15) is 46.7 Å². The number of hydrogen-bond donors (Lipinski definition) is 1. The van der Waals surface area contributed by atoms with Gasteiger partial charge in [0.25, 0.3) is 11.8 Å². The van der Waals surface area contributed by atoms with E-state index in [0.717, 1.165) is 41.1 Å². The summed E-state index contributed by atoms with van der Waals surface area (Å²) in [7, 11) is 0. The highest BCUT2D eigenvalue weighted by Crippen LogP contribution is 2.32. The molecule has 1 fully saturated rings. The molecule has 1 aromatic heterocycles. The Hall–Kier alpha value is -3.68. The number of thiazole rings is 1. The predicted octanol–water partition coefficient (Wildman–Crippen LogP) is 7.06. The standard InChI is InChI=1S/C31H30ClN3O3S/c1-2-21-7-13-25(14-8-21)38-19-29(36)35-17-15-23(16-18-35)31-34-28(20-39-31)30(37)33-27-6-4-3-5-26(27)22-9-11-24(32)12-10-22/h3-14,20,23H,2,15-19H2,1H3,(H,33,37). The molecule has 39 heavy (non-hydrogen) atoms. The molecule has 200 valence electrons. The molecule has 5 rings (SSSR count). The molecule has 1 aliphatic heterocycles. The lowest BCUT2D eigenvalue weighted by Crippen LogP contribution is -2.40. The summed E-state index contributed by atoms with van der Waals surface area (Å²) in [5, 5.41) is 6.43. The zero-order valence-corrected chi connectivity index (χ0v) is 23.3. The Balaban J connectivity index is 1.15. The van der Waals surface area contributed by atoms with Crippen molar-refractivity contribution in [3.8, 4) is 16.9 Å². The second-order valence-corrected chi connectivity index (χ2v) is 10.8. The number of nitrogens with one attached hydrogen (secondary N) is 1. The fraction of sp³-hybridized carbons (Fsp3) is 0.258. The second-order valence-electron chi connectivity index (χ2n) is 9.52. The smallest absolute Gasteiger partial charge is 0.275 e. The molecule has 3 aromatic carbocycles. The lowest BCUT2D eigenvalue weighted by molar-refractivity contribution is -0.134. The number of benzene rings is 3. The molecule has 0 radical (unpaired) electrons. The van der Waals surface area contributed by atoms with E-state index in [1.165, 1.54) is 16.9 Å². The summed E-state index contributed by atoms with van der Waals surface area (Å²) in [4.78, 5) is 32.3. The Morgan fingerprint density at radius 1 is 1.03 bits per heavy atom. The third kappa shape index (κ3) is 6.67. The first-order valence-electron chi connectivity index (χ1n) is 13.1. The summed E-state index contributed by atoms with van der Waals surface area (Å²) in [5.74, 6) is 0.687. The third-order valence-electron chi connectivity index (χ3n) is 6.98. The summed E-state index contributed by atoms with van der Waals surface area (Å²) in [6.07, 6.45) is 2.59. The summed E-state index contributed by atoms with van der Waals surface area (Å²) in [6.45, 7) is 3.44. The molecule has 8 heteroatoms. The van der Waals surface area contributed by atoms with E-state index in [0.29, 0.717) is 29.6 Å². The number of aryl methyl sites for hydroxylation is 1. The number of ether oxygens (including phenoxy) is 1.